The Kier molecular flexibility index (Phi) is 30.1. The van der Waals surface area contributed by atoms with Crippen LogP contribution >= 0.6 is 0 Å². The predicted molar refractivity (Wildman–Crippen MR) is 272 cm³/mol. The van der Waals surface area contributed by atoms with Gasteiger partial charge >= 0.3 is 177 Å². The second kappa shape index (κ2) is 32.6. The summed E-state index contributed by atoms with van der Waals surface area (Å²) in [5.74, 6) is -0.852. The van der Waals surface area contributed by atoms with Crippen LogP contribution in [0.25, 0.3) is 12.2 Å². The van der Waals surface area contributed by atoms with Crippen molar-refractivity contribution in [2.24, 2.45) is 9.98 Å². The van der Waals surface area contributed by atoms with Crippen LogP contribution in [0.1, 0.15) is 11.1 Å². The molecule has 8 rings (SSSR count). The van der Waals surface area contributed by atoms with Crippen molar-refractivity contribution in [2.45, 2.75) is 29.4 Å². The largest absolute Gasteiger partial charge is 1.00 e. The number of aromatic amines is 2. The normalized spacial score (nSPS) is 12.2. The summed E-state index contributed by atoms with van der Waals surface area (Å²) >= 11 is 0. The minimum absolute atomic E-state index is 0. The van der Waals surface area contributed by atoms with Crippen LogP contribution in [0.2, 0.25) is 0 Å². The number of nitrogens with zero attached hydrogens (tertiary/aromatic N) is 6. The number of nitrogens with one attached hydrogen (secondary N) is 6. The zero-order valence-corrected chi connectivity index (χ0v) is 62.2. The van der Waals surface area contributed by atoms with Crippen molar-refractivity contribution >= 4 is 131 Å². The molecule has 0 amide bonds. The Morgan fingerprint density at radius 1 is 0.337 bits per heavy atom. The first-order valence-corrected chi connectivity index (χ1v) is 30.0. The molecule has 0 spiro atoms. The fraction of sp³-hybridized carbons (Fsp3) is 0. The average Bonchev–Trinajstić information content (AvgIpc) is 3.58. The van der Waals surface area contributed by atoms with E-state index in [0.29, 0.717) is 0 Å². The van der Waals surface area contributed by atoms with E-state index in [1.807, 2.05) is 0 Å². The third-order valence-electron chi connectivity index (χ3n) is 10.4. The fourth-order valence-electron chi connectivity index (χ4n) is 6.79. The van der Waals surface area contributed by atoms with Crippen molar-refractivity contribution in [3.8, 4) is 0 Å². The molecule has 0 aliphatic carbocycles. The summed E-state index contributed by atoms with van der Waals surface area (Å²) in [7, 11) is -30.0. The topological polar surface area (TPSA) is 499 Å². The van der Waals surface area contributed by atoms with Crippen molar-refractivity contribution in [3.63, 3.8) is 0 Å². The minimum atomic E-state index is -5.37. The molecule has 6 aromatic carbocycles. The Morgan fingerprint density at radius 2 is 0.593 bits per heavy atom. The van der Waals surface area contributed by atoms with Crippen LogP contribution < -0.4 is 210 Å². The van der Waals surface area contributed by atoms with Crippen LogP contribution in [0, 0.1) is 0 Å². The molecule has 416 valence electrons. The van der Waals surface area contributed by atoms with E-state index in [4.69, 9.17) is 0 Å². The molecule has 0 aliphatic rings. The summed E-state index contributed by atoms with van der Waals surface area (Å²) < 4.78 is 214. The summed E-state index contributed by atoms with van der Waals surface area (Å²) in [5.41, 5.74) is -1.13. The van der Waals surface area contributed by atoms with Crippen LogP contribution in [0.15, 0.2) is 173 Å². The number of anilines is 8. The molecule has 0 saturated heterocycles. The van der Waals surface area contributed by atoms with Gasteiger partial charge in [-0.15, -0.1) is 0 Å². The van der Waals surface area contributed by atoms with Crippen LogP contribution in [0.4, 0.5) is 57.9 Å². The van der Waals surface area contributed by atoms with E-state index < -0.39 is 90.1 Å². The van der Waals surface area contributed by atoms with E-state index in [0.717, 1.165) is 84.9 Å². The van der Waals surface area contributed by atoms with E-state index in [-0.39, 0.29) is 258 Å². The van der Waals surface area contributed by atoms with Crippen molar-refractivity contribution in [1.29, 1.82) is 0 Å². The first-order valence-electron chi connectivity index (χ1n) is 21.6. The molecular formula is C44H30N12Na6O18S6. The number of rotatable bonds is 18. The maximum absolute atomic E-state index is 12.7. The van der Waals surface area contributed by atoms with Gasteiger partial charge < -0.3 is 48.6 Å². The van der Waals surface area contributed by atoms with Gasteiger partial charge in [0.2, 0.25) is 35.0 Å². The van der Waals surface area contributed by atoms with Crippen LogP contribution in [0.5, 0.6) is 0 Å². The van der Waals surface area contributed by atoms with Crippen LogP contribution in [-0.4, -0.2) is 108 Å². The van der Waals surface area contributed by atoms with E-state index in [2.05, 4.69) is 61.2 Å². The summed E-state index contributed by atoms with van der Waals surface area (Å²) in [5, 5.41) is 11.1. The second-order valence-corrected chi connectivity index (χ2v) is 24.2. The molecule has 42 heteroatoms. The van der Waals surface area contributed by atoms with Gasteiger partial charge in [-0.05, 0) is 132 Å². The van der Waals surface area contributed by atoms with Gasteiger partial charge in [-0.3, -0.25) is 9.97 Å². The maximum atomic E-state index is 12.7. The molecule has 0 unspecified atom stereocenters. The smallest absolute Gasteiger partial charge is 0.744 e. The Hall–Kier alpha value is -2.66. The zero-order valence-electron chi connectivity index (χ0n) is 45.3. The second-order valence-electron chi connectivity index (χ2n) is 16.0. The van der Waals surface area contributed by atoms with E-state index in [9.17, 15) is 77.8 Å². The number of aromatic nitrogens is 6. The molecule has 0 bridgehead atoms. The molecule has 2 heterocycles. The maximum Gasteiger partial charge on any atom is 1.00 e. The van der Waals surface area contributed by atoms with Crippen LogP contribution in [0.3, 0.4) is 0 Å². The van der Waals surface area contributed by atoms with Gasteiger partial charge in [-0.25, -0.2) is 60.5 Å². The standard InChI is InChI=1S/C44H36N12O18S6.6Na/c57-75(58,59)33-15-7-27(8-16-33)45-39-51-40(46-28-9-17-34(18-10-28)76(60,61)62)54-43(53-39)49-31-5-3-25(37(23-31)79(69,70)71)1-2-26-4-6-32(24-38(26)80(72,73)74)50-44-55-41(47-29-11-19-35(20-12-29)77(63,64)65)52-42(56-44)48-30-13-21-36(22-14-30)78(66,67)68;;;;;;/h1-24H,(H,57,58,59)(H,60,61,62)(H,63,64,65)(H,66,67,68)(H,69,70,71)(H,72,73,74)(H3,45,46,49,51,53,54)(H3,47,48,50,52,55,56);;;;;;/q;6*+1/p-6/b2-1+;;;;;;. The van der Waals surface area contributed by atoms with Gasteiger partial charge in [0.1, 0.15) is 60.7 Å². The quantitative estimate of drug-likeness (QED) is 0.0264. The molecule has 86 heavy (non-hydrogen) atoms. The third-order valence-corrected chi connectivity index (χ3v) is 15.6. The summed E-state index contributed by atoms with van der Waals surface area (Å²) in [4.78, 5) is 26.9. The van der Waals surface area contributed by atoms with Crippen molar-refractivity contribution < 1.29 is 255 Å². The molecule has 0 aliphatic heterocycles. The Balaban J connectivity index is 0.00000420. The number of H-pyrrole nitrogens is 2. The Labute approximate surface area is 622 Å². The fourth-order valence-corrected chi connectivity index (χ4v) is 10.0. The monoisotopic (exact) mass is 1340 g/mol. The van der Waals surface area contributed by atoms with Gasteiger partial charge in [0.05, 0.1) is 40.7 Å². The zero-order chi connectivity index (χ0) is 58.0. The van der Waals surface area contributed by atoms with Crippen LogP contribution in [-0.2, 0) is 60.7 Å². The molecule has 0 radical (unpaired) electrons. The molecular weight excluding hydrogens is 1310 g/mol. The molecule has 0 atom stereocenters. The Morgan fingerprint density at radius 3 is 0.837 bits per heavy atom. The Bertz CT molecular complexity index is 4160. The predicted octanol–water partition coefficient (Wildman–Crippen LogP) is -15.0. The van der Waals surface area contributed by atoms with Gasteiger partial charge in [-0.1, -0.05) is 24.3 Å². The molecule has 0 fully saturated rings. The molecule has 0 saturated carbocycles. The molecule has 8 aromatic rings. The molecule has 2 aromatic heterocycles. The first-order chi connectivity index (χ1) is 37.3. The van der Waals surface area contributed by atoms with Gasteiger partial charge in [-0.2, -0.15) is 19.9 Å². The number of benzene rings is 6. The number of hydrogen-bond acceptors (Lipinski definition) is 28. The summed E-state index contributed by atoms with van der Waals surface area (Å²) in [6.45, 7) is 0. The summed E-state index contributed by atoms with van der Waals surface area (Å²) in [6.07, 6.45) is 2.02. The number of hydrogen-bond donors (Lipinski definition) is 6. The van der Waals surface area contributed by atoms with E-state index in [1.54, 1.807) is 0 Å². The molecule has 30 nitrogen and oxygen atoms in total. The average molecular weight is 1350 g/mol. The van der Waals surface area contributed by atoms with E-state index >= 15 is 0 Å². The SMILES string of the molecule is O=S(=O)([O-])c1ccc(Nc2nc(Nc3ccc(S(=O)(=O)[O-])cc3)[nH]c(=Nc3ccc(/C=C/c4ccc(N=c5nc(Nc6ccc(S(=O)(=O)[O-])cc6)nc(Nc6ccc(S(=O)(=O)[O-])cc6)[nH]5)cc4S(=O)(=O)[O-])c(S(=O)(=O)[O-])c3)n2)cc1.[Na+].[Na+].[Na+].[Na+].[Na+].[Na+]. The van der Waals surface area contributed by atoms with E-state index in [1.165, 1.54) is 60.7 Å². The van der Waals surface area contributed by atoms with Crippen molar-refractivity contribution in [2.75, 3.05) is 21.3 Å². The van der Waals surface area contributed by atoms with Crippen molar-refractivity contribution in [1.82, 2.24) is 29.9 Å². The van der Waals surface area contributed by atoms with Gasteiger partial charge in [0, 0.05) is 22.7 Å². The van der Waals surface area contributed by atoms with Gasteiger partial charge in [0.15, 0.2) is 0 Å². The molecule has 6 N–H and O–H groups in total. The summed E-state index contributed by atoms with van der Waals surface area (Å²) in [6, 6.07) is 24.0. The first kappa shape index (κ1) is 79.4. The third kappa shape index (κ3) is 22.6. The van der Waals surface area contributed by atoms with Gasteiger partial charge in [0.25, 0.3) is 0 Å². The minimum Gasteiger partial charge on any atom is -0.744 e. The van der Waals surface area contributed by atoms with Crippen molar-refractivity contribution in [3.05, 3.63) is 156 Å².